The summed E-state index contributed by atoms with van der Waals surface area (Å²) in [7, 11) is -3.28. The first-order chi connectivity index (χ1) is 12.8. The van der Waals surface area contributed by atoms with Crippen molar-refractivity contribution < 1.29 is 27.4 Å². The van der Waals surface area contributed by atoms with E-state index in [1.807, 2.05) is 6.07 Å². The molecule has 0 N–H and O–H groups in total. The molecule has 0 aromatic heterocycles. The van der Waals surface area contributed by atoms with Gasteiger partial charge in [0.25, 0.3) is 0 Å². The Hall–Kier alpha value is -2.80. The van der Waals surface area contributed by atoms with Crippen LogP contribution >= 0.6 is 0 Å². The molecular weight excluding hydrogens is 368 g/mol. The van der Waals surface area contributed by atoms with Crippen molar-refractivity contribution in [1.29, 1.82) is 0 Å². The molecule has 3 rings (SSSR count). The second-order valence-electron chi connectivity index (χ2n) is 6.14. The van der Waals surface area contributed by atoms with Crippen LogP contribution in [0.1, 0.15) is 19.4 Å². The number of fused-ring (bicyclic) bond motifs is 1. The Labute approximate surface area is 158 Å². The number of ether oxygens (including phenoxy) is 3. The normalized spacial score (nSPS) is 13.5. The Morgan fingerprint density at radius 2 is 1.78 bits per heavy atom. The third-order valence-electron chi connectivity index (χ3n) is 4.11. The third kappa shape index (κ3) is 4.14. The molecule has 2 aromatic rings. The van der Waals surface area contributed by atoms with Crippen LogP contribution in [0.4, 0.5) is 0 Å². The number of rotatable bonds is 5. The molecule has 2 aromatic carbocycles. The number of hydrogen-bond donors (Lipinski definition) is 0. The molecule has 6 nitrogen and oxygen atoms in total. The molecule has 0 bridgehead atoms. The summed E-state index contributed by atoms with van der Waals surface area (Å²) in [6.07, 6.45) is 2.89. The van der Waals surface area contributed by atoms with Crippen LogP contribution in [0.25, 0.3) is 17.2 Å². The van der Waals surface area contributed by atoms with Gasteiger partial charge in [-0.2, -0.15) is 0 Å². The summed E-state index contributed by atoms with van der Waals surface area (Å²) >= 11 is 0. The summed E-state index contributed by atoms with van der Waals surface area (Å²) in [5.74, 6) is 0.797. The number of carbonyl (C=O) groups excluding carboxylic acids is 1. The lowest BCUT2D eigenvalue weighted by Gasteiger charge is -2.10. The highest BCUT2D eigenvalue weighted by atomic mass is 32.2. The van der Waals surface area contributed by atoms with Gasteiger partial charge in [0.2, 0.25) is 6.79 Å². The Morgan fingerprint density at radius 1 is 1.15 bits per heavy atom. The van der Waals surface area contributed by atoms with Gasteiger partial charge in [-0.25, -0.2) is 13.2 Å². The summed E-state index contributed by atoms with van der Waals surface area (Å²) in [5.41, 5.74) is 2.79. The summed E-state index contributed by atoms with van der Waals surface area (Å²) in [6, 6.07) is 10.2. The summed E-state index contributed by atoms with van der Waals surface area (Å²) in [5, 5.41) is 0. The molecule has 7 heteroatoms. The van der Waals surface area contributed by atoms with Crippen LogP contribution in [0.15, 0.2) is 46.9 Å². The minimum absolute atomic E-state index is 0.131. The van der Waals surface area contributed by atoms with Crippen LogP contribution < -0.4 is 9.47 Å². The highest BCUT2D eigenvalue weighted by molar-refractivity contribution is 7.90. The zero-order valence-corrected chi connectivity index (χ0v) is 16.1. The summed E-state index contributed by atoms with van der Waals surface area (Å²) in [6.45, 7) is 3.86. The molecule has 0 radical (unpaired) electrons. The lowest BCUT2D eigenvalue weighted by Crippen LogP contribution is -2.05. The van der Waals surface area contributed by atoms with Crippen LogP contribution in [0.3, 0.4) is 0 Å². The van der Waals surface area contributed by atoms with Crippen LogP contribution in [-0.2, 0) is 19.4 Å². The van der Waals surface area contributed by atoms with Gasteiger partial charge in [0.15, 0.2) is 21.3 Å². The maximum Gasteiger partial charge on any atom is 0.333 e. The van der Waals surface area contributed by atoms with Crippen molar-refractivity contribution >= 4 is 21.9 Å². The summed E-state index contributed by atoms with van der Waals surface area (Å²) < 4.78 is 39.3. The van der Waals surface area contributed by atoms with Crippen LogP contribution in [0.2, 0.25) is 0 Å². The summed E-state index contributed by atoms with van der Waals surface area (Å²) in [4.78, 5) is 12.2. The van der Waals surface area contributed by atoms with Crippen molar-refractivity contribution in [1.82, 2.24) is 0 Å². The van der Waals surface area contributed by atoms with Gasteiger partial charge in [-0.05, 0) is 60.9 Å². The monoisotopic (exact) mass is 388 g/mol. The van der Waals surface area contributed by atoms with Gasteiger partial charge < -0.3 is 14.2 Å². The van der Waals surface area contributed by atoms with E-state index in [0.29, 0.717) is 23.7 Å². The lowest BCUT2D eigenvalue weighted by atomic mass is 9.97. The van der Waals surface area contributed by atoms with Gasteiger partial charge in [-0.1, -0.05) is 12.1 Å². The minimum atomic E-state index is -3.28. The lowest BCUT2D eigenvalue weighted by molar-refractivity contribution is -0.138. The van der Waals surface area contributed by atoms with Crippen molar-refractivity contribution in [3.05, 3.63) is 47.5 Å². The molecule has 0 fully saturated rings. The zero-order valence-electron chi connectivity index (χ0n) is 15.3. The first kappa shape index (κ1) is 19.0. The molecule has 1 aliphatic rings. The number of esters is 1. The second kappa shape index (κ2) is 7.44. The average Bonchev–Trinajstić information content (AvgIpc) is 3.08. The van der Waals surface area contributed by atoms with Gasteiger partial charge in [-0.3, -0.25) is 0 Å². The minimum Gasteiger partial charge on any atom is -0.463 e. The van der Waals surface area contributed by atoms with E-state index >= 15 is 0 Å². The predicted molar refractivity (Wildman–Crippen MR) is 101 cm³/mol. The van der Waals surface area contributed by atoms with E-state index in [4.69, 9.17) is 14.2 Å². The SMILES string of the molecule is CCOC(=O)/C(C)=C/c1cc2c(cc1-c1ccc(S(C)(=O)=O)cc1)OCO2. The van der Waals surface area contributed by atoms with E-state index in [-0.39, 0.29) is 11.7 Å². The number of hydrogen-bond acceptors (Lipinski definition) is 6. The molecule has 1 aliphatic heterocycles. The maximum absolute atomic E-state index is 12.0. The molecule has 27 heavy (non-hydrogen) atoms. The fourth-order valence-corrected chi connectivity index (χ4v) is 3.38. The molecule has 0 saturated carbocycles. The van der Waals surface area contributed by atoms with Gasteiger partial charge in [0.05, 0.1) is 11.5 Å². The van der Waals surface area contributed by atoms with E-state index in [9.17, 15) is 13.2 Å². The van der Waals surface area contributed by atoms with E-state index in [1.165, 1.54) is 6.26 Å². The highest BCUT2D eigenvalue weighted by Crippen LogP contribution is 2.39. The van der Waals surface area contributed by atoms with Gasteiger partial charge in [0, 0.05) is 11.8 Å². The largest absolute Gasteiger partial charge is 0.463 e. The third-order valence-corrected chi connectivity index (χ3v) is 5.24. The van der Waals surface area contributed by atoms with Gasteiger partial charge in [0.1, 0.15) is 0 Å². The Kier molecular flexibility index (Phi) is 5.23. The van der Waals surface area contributed by atoms with Crippen molar-refractivity contribution in [2.24, 2.45) is 0 Å². The molecule has 1 heterocycles. The maximum atomic E-state index is 12.0. The molecule has 0 spiro atoms. The Morgan fingerprint density at radius 3 is 2.37 bits per heavy atom. The molecule has 0 unspecified atom stereocenters. The number of carbonyl (C=O) groups is 1. The Bertz CT molecular complexity index is 1000. The first-order valence-corrected chi connectivity index (χ1v) is 10.3. The second-order valence-corrected chi connectivity index (χ2v) is 8.15. The smallest absolute Gasteiger partial charge is 0.333 e. The van der Waals surface area contributed by atoms with Gasteiger partial charge in [-0.15, -0.1) is 0 Å². The molecule has 0 saturated heterocycles. The highest BCUT2D eigenvalue weighted by Gasteiger charge is 2.19. The molecule has 0 aliphatic carbocycles. The Balaban J connectivity index is 2.09. The number of sulfone groups is 1. The van der Waals surface area contributed by atoms with E-state index in [1.54, 1.807) is 50.3 Å². The van der Waals surface area contributed by atoms with E-state index in [0.717, 1.165) is 16.7 Å². The fraction of sp³-hybridized carbons (Fsp3) is 0.250. The van der Waals surface area contributed by atoms with Crippen LogP contribution in [0, 0.1) is 0 Å². The average molecular weight is 388 g/mol. The predicted octanol–water partition coefficient (Wildman–Crippen LogP) is 3.45. The van der Waals surface area contributed by atoms with Crippen LogP contribution in [-0.4, -0.2) is 34.0 Å². The van der Waals surface area contributed by atoms with E-state index < -0.39 is 15.8 Å². The van der Waals surface area contributed by atoms with Gasteiger partial charge >= 0.3 is 5.97 Å². The van der Waals surface area contributed by atoms with E-state index in [2.05, 4.69) is 0 Å². The van der Waals surface area contributed by atoms with Crippen LogP contribution in [0.5, 0.6) is 11.5 Å². The van der Waals surface area contributed by atoms with Crippen molar-refractivity contribution in [2.45, 2.75) is 18.7 Å². The van der Waals surface area contributed by atoms with Crippen molar-refractivity contribution in [3.8, 4) is 22.6 Å². The quantitative estimate of drug-likeness (QED) is 0.577. The zero-order chi connectivity index (χ0) is 19.6. The number of benzene rings is 2. The molecule has 142 valence electrons. The molecule has 0 amide bonds. The molecular formula is C20H20O6S. The van der Waals surface area contributed by atoms with Crippen molar-refractivity contribution in [2.75, 3.05) is 19.7 Å². The fourth-order valence-electron chi connectivity index (χ4n) is 2.75. The molecule has 0 atom stereocenters. The standard InChI is InChI=1S/C20H20O6S/c1-4-24-20(21)13(2)9-15-10-18-19(26-12-25-18)11-17(15)14-5-7-16(8-6-14)27(3,22)23/h5-11H,4,12H2,1-3H3/b13-9+. The first-order valence-electron chi connectivity index (χ1n) is 8.39. The van der Waals surface area contributed by atoms with Crippen molar-refractivity contribution in [3.63, 3.8) is 0 Å². The topological polar surface area (TPSA) is 78.9 Å².